The maximum atomic E-state index is 0. The van der Waals surface area contributed by atoms with Crippen LogP contribution in [0.1, 0.15) is 0 Å². The molecule has 0 saturated heterocycles. The molecule has 6 nitrogen and oxygen atoms in total. The summed E-state index contributed by atoms with van der Waals surface area (Å²) in [5, 5.41) is 0. The summed E-state index contributed by atoms with van der Waals surface area (Å²) < 4.78 is 0. The standard InChI is InChI=1S/Fe.Ho.6H2O/h;;6*1H2/q2*+3;;;;;;/p-6. The third kappa shape index (κ3) is 136. The summed E-state index contributed by atoms with van der Waals surface area (Å²) in [6, 6.07) is 0. The van der Waals surface area contributed by atoms with Gasteiger partial charge in [-0.2, -0.15) is 0 Å². The first kappa shape index (κ1) is 294. The van der Waals surface area contributed by atoms with Gasteiger partial charge in [0, 0.05) is 0 Å². The molecule has 0 spiro atoms. The molecular weight excluding hydrogens is 317 g/mol. The zero-order valence-electron chi connectivity index (χ0n) is 3.34. The Hall–Kier alpha value is 1.54. The van der Waals surface area contributed by atoms with Gasteiger partial charge in [0.2, 0.25) is 0 Å². The molecule has 0 aromatic heterocycles. The van der Waals surface area contributed by atoms with Crippen LogP contribution in [0.4, 0.5) is 0 Å². The van der Waals surface area contributed by atoms with Crippen LogP contribution in [0.15, 0.2) is 0 Å². The van der Waals surface area contributed by atoms with E-state index < -0.39 is 0 Å². The number of hydrogen-bond donors (Lipinski definition) is 0. The fraction of sp³-hybridized carbons (Fsp3) is 0. The average Bonchev–Trinajstić information content (AvgIpc) is 0. The van der Waals surface area contributed by atoms with Gasteiger partial charge in [-0.3, -0.25) is 0 Å². The molecule has 0 fully saturated rings. The Morgan fingerprint density at radius 1 is 0.375 bits per heavy atom. The first-order valence-corrected chi connectivity index (χ1v) is 0. The van der Waals surface area contributed by atoms with Gasteiger partial charge >= 0.3 is 54.8 Å². The molecule has 1 radical (unpaired) electrons. The maximum absolute atomic E-state index is 0. The van der Waals surface area contributed by atoms with E-state index in [1.54, 1.807) is 0 Å². The smallest absolute Gasteiger partial charge is 0.870 e. The van der Waals surface area contributed by atoms with Crippen LogP contribution in [-0.2, 0) is 17.1 Å². The van der Waals surface area contributed by atoms with Crippen molar-refractivity contribution in [2.75, 3.05) is 0 Å². The zero-order chi connectivity index (χ0) is 0. The van der Waals surface area contributed by atoms with E-state index in [1.165, 1.54) is 0 Å². The second-order valence-corrected chi connectivity index (χ2v) is 0. The van der Waals surface area contributed by atoms with Crippen molar-refractivity contribution >= 4 is 0 Å². The minimum Gasteiger partial charge on any atom is -0.870 e. The SMILES string of the molecule is [Fe+3].[Ho+3].[OH-].[OH-].[OH-].[OH-].[OH-].[OH-]. The Bertz CT molecular complexity index is 8.49. The van der Waals surface area contributed by atoms with Crippen LogP contribution >= 0.6 is 0 Å². The van der Waals surface area contributed by atoms with Gasteiger partial charge in [-0.1, -0.05) is 0 Å². The van der Waals surface area contributed by atoms with E-state index in [4.69, 9.17) is 0 Å². The monoisotopic (exact) mass is 323 g/mol. The molecule has 0 aliphatic rings. The van der Waals surface area contributed by atoms with Crippen molar-refractivity contribution < 1.29 is 87.7 Å². The summed E-state index contributed by atoms with van der Waals surface area (Å²) in [5.41, 5.74) is 0. The van der Waals surface area contributed by atoms with Crippen LogP contribution in [0, 0.1) is 37.7 Å². The Labute approximate surface area is 87.0 Å². The largest absolute Gasteiger partial charge is 3.00 e. The Morgan fingerprint density at radius 2 is 0.375 bits per heavy atom. The van der Waals surface area contributed by atoms with Crippen LogP contribution in [-0.4, -0.2) is 32.9 Å². The van der Waals surface area contributed by atoms with Crippen molar-refractivity contribution in [1.29, 1.82) is 0 Å². The normalized spacial score (nSPS) is 0. The van der Waals surface area contributed by atoms with Gasteiger partial charge in [0.25, 0.3) is 0 Å². The Kier molecular flexibility index (Phi) is 7520. The molecule has 6 N–H and O–H groups in total. The summed E-state index contributed by atoms with van der Waals surface area (Å²) in [7, 11) is 0. The summed E-state index contributed by atoms with van der Waals surface area (Å²) in [4.78, 5) is 0. The second-order valence-electron chi connectivity index (χ2n) is 0. The van der Waals surface area contributed by atoms with Gasteiger partial charge in [-0.25, -0.2) is 0 Å². The molecule has 0 aromatic carbocycles. The van der Waals surface area contributed by atoms with Crippen LogP contribution < -0.4 is 0 Å². The van der Waals surface area contributed by atoms with Crippen LogP contribution in [0.2, 0.25) is 0 Å². The van der Waals surface area contributed by atoms with Gasteiger partial charge in [0.05, 0.1) is 0 Å². The molecule has 0 bridgehead atoms. The van der Waals surface area contributed by atoms with Crippen molar-refractivity contribution in [3.05, 3.63) is 0 Å². The summed E-state index contributed by atoms with van der Waals surface area (Å²) in [5.74, 6) is 0. The molecule has 0 unspecified atom stereocenters. The van der Waals surface area contributed by atoms with Crippen LogP contribution in [0.3, 0.4) is 0 Å². The quantitative estimate of drug-likeness (QED) is 0.512. The van der Waals surface area contributed by atoms with E-state index in [0.717, 1.165) is 0 Å². The molecule has 0 aromatic rings. The maximum Gasteiger partial charge on any atom is 3.00 e. The van der Waals surface area contributed by atoms with E-state index in [0.29, 0.717) is 0 Å². The van der Waals surface area contributed by atoms with Crippen LogP contribution in [0.5, 0.6) is 0 Å². The molecule has 0 atom stereocenters. The van der Waals surface area contributed by atoms with Crippen molar-refractivity contribution in [1.82, 2.24) is 0 Å². The first-order chi connectivity index (χ1) is 0. The summed E-state index contributed by atoms with van der Waals surface area (Å²) in [6.07, 6.45) is 0. The molecule has 0 amide bonds. The van der Waals surface area contributed by atoms with Gasteiger partial charge in [-0.15, -0.1) is 0 Å². The third-order valence-corrected chi connectivity index (χ3v) is 0. The van der Waals surface area contributed by atoms with Gasteiger partial charge < -0.3 is 32.9 Å². The zero-order valence-corrected chi connectivity index (χ0v) is 6.38. The molecular formula is H6FeHoO6. The van der Waals surface area contributed by atoms with Crippen molar-refractivity contribution in [2.45, 2.75) is 0 Å². The molecule has 0 heterocycles. The molecule has 8 heavy (non-hydrogen) atoms. The predicted octanol–water partition coefficient (Wildman–Crippen LogP) is -1.06. The van der Waals surface area contributed by atoms with Gasteiger partial charge in [0.1, 0.15) is 0 Å². The topological polar surface area (TPSA) is 180 Å². The molecule has 8 heteroatoms. The second kappa shape index (κ2) is 205. The minimum atomic E-state index is 0. The number of rotatable bonds is 0. The van der Waals surface area contributed by atoms with E-state index in [2.05, 4.69) is 0 Å². The van der Waals surface area contributed by atoms with Crippen LogP contribution in [0.25, 0.3) is 0 Å². The first-order valence-electron chi connectivity index (χ1n) is 0. The Balaban J connectivity index is 0. The molecule has 0 aliphatic heterocycles. The van der Waals surface area contributed by atoms with Crippen molar-refractivity contribution in [2.24, 2.45) is 0 Å². The minimum absolute atomic E-state index is 0. The Morgan fingerprint density at radius 3 is 0.375 bits per heavy atom. The van der Waals surface area contributed by atoms with Crippen molar-refractivity contribution in [3.8, 4) is 0 Å². The van der Waals surface area contributed by atoms with E-state index >= 15 is 0 Å². The fourth-order valence-electron chi connectivity index (χ4n) is 0. The average molecular weight is 323 g/mol. The molecule has 0 aliphatic carbocycles. The molecule has 0 rings (SSSR count). The summed E-state index contributed by atoms with van der Waals surface area (Å²) in [6.45, 7) is 0. The van der Waals surface area contributed by atoms with Gasteiger partial charge in [0.15, 0.2) is 0 Å². The number of hydrogen-bond acceptors (Lipinski definition) is 6. The van der Waals surface area contributed by atoms with Crippen molar-refractivity contribution in [3.63, 3.8) is 0 Å². The van der Waals surface area contributed by atoms with Gasteiger partial charge in [-0.05, 0) is 0 Å². The predicted molar refractivity (Wildman–Crippen MR) is 11.6 cm³/mol. The fourth-order valence-corrected chi connectivity index (χ4v) is 0. The van der Waals surface area contributed by atoms with E-state index in [-0.39, 0.29) is 87.7 Å². The third-order valence-electron chi connectivity index (χ3n) is 0. The molecule has 61 valence electrons. The molecule has 0 saturated carbocycles. The van der Waals surface area contributed by atoms with E-state index in [9.17, 15) is 0 Å². The summed E-state index contributed by atoms with van der Waals surface area (Å²) >= 11 is 0. The van der Waals surface area contributed by atoms with E-state index in [1.807, 2.05) is 0 Å².